The van der Waals surface area contributed by atoms with Crippen LogP contribution >= 0.6 is 11.5 Å². The highest BCUT2D eigenvalue weighted by Crippen LogP contribution is 2.33. The summed E-state index contributed by atoms with van der Waals surface area (Å²) in [6.45, 7) is 0.854. The van der Waals surface area contributed by atoms with Crippen molar-refractivity contribution in [3.8, 4) is 0 Å². The summed E-state index contributed by atoms with van der Waals surface area (Å²) in [5, 5.41) is 3.86. The van der Waals surface area contributed by atoms with Gasteiger partial charge in [0.15, 0.2) is 5.82 Å². The second-order valence-electron chi connectivity index (χ2n) is 3.80. The molecule has 5 nitrogen and oxygen atoms in total. The predicted molar refractivity (Wildman–Crippen MR) is 60.9 cm³/mol. The van der Waals surface area contributed by atoms with E-state index in [1.807, 2.05) is 0 Å². The Morgan fingerprint density at radius 3 is 2.93 bits per heavy atom. The van der Waals surface area contributed by atoms with E-state index in [0.717, 1.165) is 18.9 Å². The van der Waals surface area contributed by atoms with E-state index in [-0.39, 0.29) is 5.82 Å². The Labute approximate surface area is 92.0 Å². The molecule has 1 aliphatic rings. The molecule has 1 heterocycles. The molecule has 0 radical (unpaired) electrons. The molecule has 82 valence electrons. The zero-order valence-electron chi connectivity index (χ0n) is 8.32. The highest BCUT2D eigenvalue weighted by molar-refractivity contribution is 7.11. The van der Waals surface area contributed by atoms with Crippen LogP contribution in [0.15, 0.2) is 0 Å². The van der Waals surface area contributed by atoms with Crippen LogP contribution in [0.2, 0.25) is 0 Å². The van der Waals surface area contributed by atoms with Gasteiger partial charge in [0.1, 0.15) is 10.6 Å². The fraction of sp³-hybridized carbons (Fsp3) is 0.556. The average molecular weight is 226 g/mol. The number of nitrogens with one attached hydrogen (secondary N) is 1. The molecule has 1 aliphatic carbocycles. The zero-order valence-corrected chi connectivity index (χ0v) is 9.14. The Morgan fingerprint density at radius 1 is 1.60 bits per heavy atom. The number of aromatic nitrogens is 1. The predicted octanol–water partition coefficient (Wildman–Crippen LogP) is 1.04. The third-order valence-electron chi connectivity index (χ3n) is 2.50. The minimum atomic E-state index is -0.518. The normalized spacial score (nSPS) is 15.2. The molecule has 15 heavy (non-hydrogen) atoms. The van der Waals surface area contributed by atoms with Crippen molar-refractivity contribution in [2.45, 2.75) is 19.3 Å². The van der Waals surface area contributed by atoms with Gasteiger partial charge in [0.2, 0.25) is 0 Å². The molecule has 0 atom stereocenters. The number of carbonyl (C=O) groups excluding carboxylic acids is 1. The molecule has 5 N–H and O–H groups in total. The van der Waals surface area contributed by atoms with Crippen LogP contribution < -0.4 is 16.8 Å². The molecule has 0 aliphatic heterocycles. The quantitative estimate of drug-likeness (QED) is 0.699. The molecular formula is C9H14N4OS. The van der Waals surface area contributed by atoms with Gasteiger partial charge in [-0.25, -0.2) is 0 Å². The zero-order chi connectivity index (χ0) is 10.8. The largest absolute Gasteiger partial charge is 0.382 e. The molecule has 0 bridgehead atoms. The number of amides is 1. The topological polar surface area (TPSA) is 94.0 Å². The number of rotatable bonds is 5. The van der Waals surface area contributed by atoms with Crippen LogP contribution in [0.3, 0.4) is 0 Å². The first-order valence-electron chi connectivity index (χ1n) is 4.97. The first kappa shape index (κ1) is 10.2. The second-order valence-corrected chi connectivity index (χ2v) is 4.57. The number of nitrogen functional groups attached to an aromatic ring is 1. The summed E-state index contributed by atoms with van der Waals surface area (Å²) < 4.78 is 3.91. The number of nitrogens with zero attached hydrogens (tertiary/aromatic N) is 1. The Hall–Kier alpha value is -1.30. The van der Waals surface area contributed by atoms with Crippen LogP contribution in [-0.2, 0) is 0 Å². The Kier molecular flexibility index (Phi) is 2.77. The Morgan fingerprint density at radius 2 is 2.33 bits per heavy atom. The van der Waals surface area contributed by atoms with Crippen LogP contribution in [0.25, 0.3) is 0 Å². The van der Waals surface area contributed by atoms with Crippen LogP contribution in [0.5, 0.6) is 0 Å². The van der Waals surface area contributed by atoms with Gasteiger partial charge in [-0.1, -0.05) is 12.8 Å². The summed E-state index contributed by atoms with van der Waals surface area (Å²) in [6.07, 6.45) is 3.79. The highest BCUT2D eigenvalue weighted by atomic mass is 32.1. The summed E-state index contributed by atoms with van der Waals surface area (Å²) in [5.74, 6) is 0.566. The summed E-state index contributed by atoms with van der Waals surface area (Å²) in [7, 11) is 0. The van der Waals surface area contributed by atoms with E-state index in [1.165, 1.54) is 24.4 Å². The summed E-state index contributed by atoms with van der Waals surface area (Å²) in [6, 6.07) is 0. The van der Waals surface area contributed by atoms with Crippen molar-refractivity contribution in [2.75, 3.05) is 17.6 Å². The number of anilines is 2. The molecule has 0 aromatic carbocycles. The van der Waals surface area contributed by atoms with E-state index >= 15 is 0 Å². The fourth-order valence-electron chi connectivity index (χ4n) is 1.46. The van der Waals surface area contributed by atoms with Crippen LogP contribution in [0, 0.1) is 5.92 Å². The van der Waals surface area contributed by atoms with Crippen LogP contribution in [0.4, 0.5) is 10.8 Å². The Bertz CT molecular complexity index is 372. The van der Waals surface area contributed by atoms with E-state index in [4.69, 9.17) is 11.5 Å². The molecule has 1 aromatic rings. The maximum Gasteiger partial charge on any atom is 0.255 e. The van der Waals surface area contributed by atoms with Crippen molar-refractivity contribution in [1.29, 1.82) is 0 Å². The molecule has 1 fully saturated rings. The minimum Gasteiger partial charge on any atom is -0.382 e. The smallest absolute Gasteiger partial charge is 0.255 e. The van der Waals surface area contributed by atoms with E-state index < -0.39 is 5.91 Å². The van der Waals surface area contributed by atoms with E-state index in [9.17, 15) is 4.79 Å². The van der Waals surface area contributed by atoms with E-state index in [1.54, 1.807) is 0 Å². The summed E-state index contributed by atoms with van der Waals surface area (Å²) in [4.78, 5) is 11.1. The monoisotopic (exact) mass is 226 g/mol. The number of primary amides is 1. The van der Waals surface area contributed by atoms with Crippen molar-refractivity contribution < 1.29 is 4.79 Å². The van der Waals surface area contributed by atoms with Gasteiger partial charge in [0.25, 0.3) is 5.91 Å². The third-order valence-corrected chi connectivity index (χ3v) is 3.32. The second kappa shape index (κ2) is 4.06. The molecule has 0 spiro atoms. The van der Waals surface area contributed by atoms with Gasteiger partial charge in [0, 0.05) is 6.54 Å². The van der Waals surface area contributed by atoms with Gasteiger partial charge in [-0.05, 0) is 23.9 Å². The van der Waals surface area contributed by atoms with Gasteiger partial charge in [-0.15, -0.1) is 0 Å². The van der Waals surface area contributed by atoms with Crippen LogP contribution in [0.1, 0.15) is 29.6 Å². The van der Waals surface area contributed by atoms with E-state index in [2.05, 4.69) is 9.69 Å². The van der Waals surface area contributed by atoms with Gasteiger partial charge in [-0.2, -0.15) is 4.37 Å². The van der Waals surface area contributed by atoms with Crippen molar-refractivity contribution in [2.24, 2.45) is 11.7 Å². The fourth-order valence-corrected chi connectivity index (χ4v) is 2.20. The SMILES string of the molecule is NC(=O)c1c(N)nsc1NCCC1CC1. The number of nitrogens with two attached hydrogens (primary N) is 2. The van der Waals surface area contributed by atoms with E-state index in [0.29, 0.717) is 10.6 Å². The average Bonchev–Trinajstić information content (AvgIpc) is 2.90. The molecule has 0 unspecified atom stereocenters. The molecule has 6 heteroatoms. The standard InChI is InChI=1S/C9H14N4OS/c10-7-6(8(11)14)9(15-13-7)12-4-3-5-1-2-5/h5,12H,1-4H2,(H2,10,13)(H2,11,14). The van der Waals surface area contributed by atoms with Gasteiger partial charge in [-0.3, -0.25) is 4.79 Å². The molecule has 2 rings (SSSR count). The maximum atomic E-state index is 11.1. The van der Waals surface area contributed by atoms with Gasteiger partial charge in [0.05, 0.1) is 0 Å². The lowest BCUT2D eigenvalue weighted by atomic mass is 10.2. The summed E-state index contributed by atoms with van der Waals surface area (Å²) in [5.41, 5.74) is 11.1. The lowest BCUT2D eigenvalue weighted by Gasteiger charge is -2.03. The lowest BCUT2D eigenvalue weighted by Crippen LogP contribution is -2.15. The van der Waals surface area contributed by atoms with Crippen molar-refractivity contribution in [3.05, 3.63) is 5.56 Å². The van der Waals surface area contributed by atoms with Crippen LogP contribution in [-0.4, -0.2) is 16.8 Å². The number of hydrogen-bond acceptors (Lipinski definition) is 5. The van der Waals surface area contributed by atoms with Crippen molar-refractivity contribution in [3.63, 3.8) is 0 Å². The summed E-state index contributed by atoms with van der Waals surface area (Å²) >= 11 is 1.19. The van der Waals surface area contributed by atoms with Crippen molar-refractivity contribution in [1.82, 2.24) is 4.37 Å². The first-order chi connectivity index (χ1) is 7.18. The Balaban J connectivity index is 1.96. The van der Waals surface area contributed by atoms with Gasteiger partial charge >= 0.3 is 0 Å². The third kappa shape index (κ3) is 2.38. The first-order valence-corrected chi connectivity index (χ1v) is 5.74. The van der Waals surface area contributed by atoms with Crippen molar-refractivity contribution >= 4 is 28.3 Å². The maximum absolute atomic E-state index is 11.1. The number of hydrogen-bond donors (Lipinski definition) is 3. The number of carbonyl (C=O) groups is 1. The molecular weight excluding hydrogens is 212 g/mol. The molecule has 0 saturated heterocycles. The highest BCUT2D eigenvalue weighted by Gasteiger charge is 2.21. The molecule has 1 amide bonds. The van der Waals surface area contributed by atoms with Gasteiger partial charge < -0.3 is 16.8 Å². The molecule has 1 aromatic heterocycles. The lowest BCUT2D eigenvalue weighted by molar-refractivity contribution is 0.100. The molecule has 1 saturated carbocycles. The minimum absolute atomic E-state index is 0.224.